The van der Waals surface area contributed by atoms with Crippen LogP contribution in [0.3, 0.4) is 0 Å². The Kier molecular flexibility index (Phi) is 13.5. The number of ether oxygens (including phenoxy) is 1. The first-order valence-electron chi connectivity index (χ1n) is 11.7. The number of aliphatic hydroxyl groups is 5. The Bertz CT molecular complexity index is 411. The van der Waals surface area contributed by atoms with Crippen LogP contribution in [0.2, 0.25) is 0 Å². The molecule has 1 fully saturated rings. The Labute approximate surface area is 176 Å². The lowest BCUT2D eigenvalue weighted by Gasteiger charge is -2.46. The summed E-state index contributed by atoms with van der Waals surface area (Å²) in [5, 5.41) is 49.8. The Morgan fingerprint density at radius 1 is 0.862 bits per heavy atom. The Morgan fingerprint density at radius 2 is 1.38 bits per heavy atom. The molecule has 7 heteroatoms. The van der Waals surface area contributed by atoms with Crippen molar-refractivity contribution in [2.45, 2.75) is 133 Å². The smallest absolute Gasteiger partial charge is 0.184 e. The third-order valence-electron chi connectivity index (χ3n) is 6.13. The Hall–Kier alpha value is -0.280. The van der Waals surface area contributed by atoms with Crippen molar-refractivity contribution in [3.63, 3.8) is 0 Å². The molecule has 1 aliphatic rings. The summed E-state index contributed by atoms with van der Waals surface area (Å²) in [5.41, 5.74) is 5.82. The van der Waals surface area contributed by atoms with E-state index in [1.165, 1.54) is 57.8 Å². The van der Waals surface area contributed by atoms with E-state index < -0.39 is 42.9 Å². The lowest BCUT2D eigenvalue weighted by molar-refractivity contribution is -0.317. The highest BCUT2D eigenvalue weighted by molar-refractivity contribution is 4.98. The van der Waals surface area contributed by atoms with Gasteiger partial charge in [0.2, 0.25) is 0 Å². The predicted octanol–water partition coefficient (Wildman–Crippen LogP) is 1.96. The largest absolute Gasteiger partial charge is 0.394 e. The van der Waals surface area contributed by atoms with Gasteiger partial charge in [0.05, 0.1) is 18.8 Å². The average molecular weight is 420 g/mol. The summed E-state index contributed by atoms with van der Waals surface area (Å²) in [6, 6.07) is -1.20. The average Bonchev–Trinajstić information content (AvgIpc) is 2.72. The minimum absolute atomic E-state index is 0.0354. The Morgan fingerprint density at radius 3 is 1.90 bits per heavy atom. The molecule has 0 aromatic rings. The number of rotatable bonds is 16. The SMILES string of the molecule is CCCCCCCCCCCCCC(O)CCC1(O)O[C@H](CO)[C@@H](O)[C@H](O)[C@H]1N. The van der Waals surface area contributed by atoms with Crippen LogP contribution in [-0.4, -0.2) is 68.4 Å². The molecule has 0 aromatic heterocycles. The molecule has 0 spiro atoms. The van der Waals surface area contributed by atoms with Gasteiger partial charge < -0.3 is 36.0 Å². The molecule has 0 bridgehead atoms. The summed E-state index contributed by atoms with van der Waals surface area (Å²) in [7, 11) is 0. The van der Waals surface area contributed by atoms with Crippen LogP contribution in [0.15, 0.2) is 0 Å². The van der Waals surface area contributed by atoms with Crippen LogP contribution in [0, 0.1) is 0 Å². The van der Waals surface area contributed by atoms with Gasteiger partial charge in [0.15, 0.2) is 5.79 Å². The van der Waals surface area contributed by atoms with Crippen molar-refractivity contribution in [3.05, 3.63) is 0 Å². The van der Waals surface area contributed by atoms with Crippen molar-refractivity contribution in [3.8, 4) is 0 Å². The van der Waals surface area contributed by atoms with Crippen molar-refractivity contribution in [2.24, 2.45) is 5.73 Å². The molecule has 7 nitrogen and oxygen atoms in total. The zero-order valence-corrected chi connectivity index (χ0v) is 18.2. The van der Waals surface area contributed by atoms with Crippen LogP contribution < -0.4 is 5.73 Å². The second-order valence-electron chi connectivity index (χ2n) is 8.71. The Balaban J connectivity index is 2.12. The van der Waals surface area contributed by atoms with Gasteiger partial charge in [-0.15, -0.1) is 0 Å². The first-order valence-corrected chi connectivity index (χ1v) is 11.7. The number of aliphatic hydroxyl groups excluding tert-OH is 4. The monoisotopic (exact) mass is 419 g/mol. The van der Waals surface area contributed by atoms with Gasteiger partial charge in [-0.2, -0.15) is 0 Å². The van der Waals surface area contributed by atoms with E-state index in [4.69, 9.17) is 10.5 Å². The molecule has 1 heterocycles. The summed E-state index contributed by atoms with van der Waals surface area (Å²) < 4.78 is 5.34. The molecule has 1 rings (SSSR count). The highest BCUT2D eigenvalue weighted by Crippen LogP contribution is 2.31. The first kappa shape index (κ1) is 26.8. The van der Waals surface area contributed by atoms with Crippen molar-refractivity contribution in [1.29, 1.82) is 0 Å². The van der Waals surface area contributed by atoms with E-state index in [-0.39, 0.29) is 12.8 Å². The normalized spacial score (nSPS) is 31.1. The maximum atomic E-state index is 10.6. The van der Waals surface area contributed by atoms with E-state index in [0.717, 1.165) is 12.8 Å². The zero-order valence-electron chi connectivity index (χ0n) is 18.2. The van der Waals surface area contributed by atoms with Gasteiger partial charge in [-0.05, 0) is 12.8 Å². The summed E-state index contributed by atoms with van der Waals surface area (Å²) in [4.78, 5) is 0. The number of unbranched alkanes of at least 4 members (excludes halogenated alkanes) is 10. The van der Waals surface area contributed by atoms with Gasteiger partial charge in [-0.1, -0.05) is 77.6 Å². The summed E-state index contributed by atoms with van der Waals surface area (Å²) in [6.07, 6.45) is 10.3. The molecule has 7 N–H and O–H groups in total. The van der Waals surface area contributed by atoms with Gasteiger partial charge in [0, 0.05) is 6.42 Å². The maximum absolute atomic E-state index is 10.6. The van der Waals surface area contributed by atoms with E-state index in [9.17, 15) is 25.5 Å². The molecule has 2 unspecified atom stereocenters. The molecular weight excluding hydrogens is 374 g/mol. The molecule has 0 radical (unpaired) electrons. The quantitative estimate of drug-likeness (QED) is 0.210. The lowest BCUT2D eigenvalue weighted by Crippen LogP contribution is -2.68. The molecule has 29 heavy (non-hydrogen) atoms. The maximum Gasteiger partial charge on any atom is 0.184 e. The predicted molar refractivity (Wildman–Crippen MR) is 113 cm³/mol. The van der Waals surface area contributed by atoms with Crippen molar-refractivity contribution in [1.82, 2.24) is 0 Å². The first-order chi connectivity index (χ1) is 13.9. The van der Waals surface area contributed by atoms with Crippen LogP contribution in [0.4, 0.5) is 0 Å². The zero-order chi connectivity index (χ0) is 21.7. The number of hydrogen-bond donors (Lipinski definition) is 6. The van der Waals surface area contributed by atoms with Crippen molar-refractivity contribution in [2.75, 3.05) is 6.61 Å². The fourth-order valence-electron chi connectivity index (χ4n) is 4.04. The van der Waals surface area contributed by atoms with E-state index >= 15 is 0 Å². The van der Waals surface area contributed by atoms with E-state index in [1.807, 2.05) is 0 Å². The molecule has 174 valence electrons. The minimum atomic E-state index is -1.87. The minimum Gasteiger partial charge on any atom is -0.394 e. The summed E-state index contributed by atoms with van der Waals surface area (Å²) >= 11 is 0. The van der Waals surface area contributed by atoms with E-state index in [1.54, 1.807) is 0 Å². The lowest BCUT2D eigenvalue weighted by atomic mass is 9.87. The number of hydrogen-bond acceptors (Lipinski definition) is 7. The van der Waals surface area contributed by atoms with Crippen LogP contribution in [-0.2, 0) is 4.74 Å². The van der Waals surface area contributed by atoms with Gasteiger partial charge in [-0.3, -0.25) is 0 Å². The molecule has 0 aliphatic carbocycles. The third-order valence-corrected chi connectivity index (χ3v) is 6.13. The van der Waals surface area contributed by atoms with Crippen LogP contribution in [0.5, 0.6) is 0 Å². The standard InChI is InChI=1S/C22H45NO6/c1-2-3-4-5-6-7-8-9-10-11-12-13-17(25)14-15-22(28)21(23)20(27)19(26)18(16-24)29-22/h17-21,24-28H,2-16,23H2,1H3/t17?,18-,19-,20+,21-,22?/m1/s1. The van der Waals surface area contributed by atoms with Gasteiger partial charge in [0.25, 0.3) is 0 Å². The second-order valence-corrected chi connectivity index (χ2v) is 8.71. The highest BCUT2D eigenvalue weighted by Gasteiger charge is 2.51. The van der Waals surface area contributed by atoms with E-state index in [0.29, 0.717) is 6.42 Å². The molecule has 6 atom stereocenters. The number of nitrogens with two attached hydrogens (primary N) is 1. The van der Waals surface area contributed by atoms with Gasteiger partial charge in [0.1, 0.15) is 18.3 Å². The van der Waals surface area contributed by atoms with Gasteiger partial charge >= 0.3 is 0 Å². The van der Waals surface area contributed by atoms with Crippen molar-refractivity contribution >= 4 is 0 Å². The second kappa shape index (κ2) is 14.7. The molecule has 1 aliphatic heterocycles. The van der Waals surface area contributed by atoms with E-state index in [2.05, 4.69) is 6.92 Å². The summed E-state index contributed by atoms with van der Waals surface area (Å²) in [6.45, 7) is 1.70. The van der Waals surface area contributed by atoms with Crippen LogP contribution in [0.1, 0.15) is 96.8 Å². The fraction of sp³-hybridized carbons (Fsp3) is 1.00. The molecular formula is C22H45NO6. The van der Waals surface area contributed by atoms with Crippen molar-refractivity contribution < 1.29 is 30.3 Å². The van der Waals surface area contributed by atoms with Gasteiger partial charge in [-0.25, -0.2) is 0 Å². The molecule has 1 saturated heterocycles. The molecule has 0 aromatic carbocycles. The molecule has 0 amide bonds. The topological polar surface area (TPSA) is 136 Å². The van der Waals surface area contributed by atoms with Crippen LogP contribution in [0.25, 0.3) is 0 Å². The molecule has 0 saturated carbocycles. The third kappa shape index (κ3) is 9.59. The highest BCUT2D eigenvalue weighted by atomic mass is 16.6. The summed E-state index contributed by atoms with van der Waals surface area (Å²) in [5.74, 6) is -1.87. The fourth-order valence-corrected chi connectivity index (χ4v) is 4.04. The van der Waals surface area contributed by atoms with Crippen LogP contribution >= 0.6 is 0 Å².